The molecule has 1 amide bonds. The average Bonchev–Trinajstić information content (AvgIpc) is 2.45. The van der Waals surface area contributed by atoms with Crippen LogP contribution in [0.1, 0.15) is 5.56 Å². The first-order chi connectivity index (χ1) is 9.65. The summed E-state index contributed by atoms with van der Waals surface area (Å²) in [5.74, 6) is -0.0397. The maximum atomic E-state index is 10.9. The number of carbonyl (C=O) groups is 1. The minimum Gasteiger partial charge on any atom is -0.380 e. The van der Waals surface area contributed by atoms with Gasteiger partial charge >= 0.3 is 0 Å². The number of primary amides is 1. The van der Waals surface area contributed by atoms with E-state index in [0.29, 0.717) is 6.54 Å². The first kappa shape index (κ1) is 14.8. The number of anilines is 1. The number of carbonyl (C=O) groups excluding carboxylic acids is 1. The second kappa shape index (κ2) is 7.22. The fourth-order valence-electron chi connectivity index (χ4n) is 1.69. The molecule has 20 heavy (non-hydrogen) atoms. The van der Waals surface area contributed by atoms with Crippen molar-refractivity contribution in [3.8, 4) is 0 Å². The topological polar surface area (TPSA) is 55.1 Å². The quantitative estimate of drug-likeness (QED) is 0.803. The maximum Gasteiger partial charge on any atom is 0.227 e. The third kappa shape index (κ3) is 4.47. The van der Waals surface area contributed by atoms with Gasteiger partial charge in [0.25, 0.3) is 0 Å². The Hall–Kier alpha value is -1.65. The molecule has 0 saturated heterocycles. The van der Waals surface area contributed by atoms with Gasteiger partial charge in [-0.15, -0.1) is 11.8 Å². The summed E-state index contributed by atoms with van der Waals surface area (Å²) in [6, 6.07) is 15.5. The molecule has 2 aromatic carbocycles. The molecule has 0 aliphatic heterocycles. The Bertz CT molecular complexity index is 587. The summed E-state index contributed by atoms with van der Waals surface area (Å²) in [7, 11) is 0. The molecule has 3 nitrogen and oxygen atoms in total. The number of thioether (sulfide) groups is 1. The molecular weight excluding hydrogens is 292 g/mol. The summed E-state index contributed by atoms with van der Waals surface area (Å²) < 4.78 is 0. The molecule has 0 fully saturated rings. The zero-order chi connectivity index (χ0) is 14.4. The minimum atomic E-state index is -0.317. The fourth-order valence-corrected chi connectivity index (χ4v) is 2.58. The lowest BCUT2D eigenvalue weighted by Gasteiger charge is -2.11. The molecule has 0 spiro atoms. The van der Waals surface area contributed by atoms with Gasteiger partial charge < -0.3 is 11.1 Å². The number of rotatable bonds is 6. The number of amides is 1. The summed E-state index contributed by atoms with van der Waals surface area (Å²) in [6.45, 7) is 0.700. The summed E-state index contributed by atoms with van der Waals surface area (Å²) in [6.07, 6.45) is 0. The van der Waals surface area contributed by atoms with Gasteiger partial charge in [0.05, 0.1) is 5.75 Å². The van der Waals surface area contributed by atoms with E-state index in [1.165, 1.54) is 11.8 Å². The van der Waals surface area contributed by atoms with Crippen molar-refractivity contribution in [2.24, 2.45) is 5.73 Å². The molecule has 0 heterocycles. The van der Waals surface area contributed by atoms with E-state index in [4.69, 9.17) is 17.3 Å². The fraction of sp³-hybridized carbons (Fsp3) is 0.133. The number of benzene rings is 2. The highest BCUT2D eigenvalue weighted by Crippen LogP contribution is 2.27. The molecule has 104 valence electrons. The lowest BCUT2D eigenvalue weighted by atomic mass is 10.2. The van der Waals surface area contributed by atoms with Gasteiger partial charge in [-0.05, 0) is 29.8 Å². The van der Waals surface area contributed by atoms with E-state index in [2.05, 4.69) is 5.32 Å². The molecule has 0 aliphatic rings. The number of hydrogen-bond donors (Lipinski definition) is 2. The summed E-state index contributed by atoms with van der Waals surface area (Å²) in [4.78, 5) is 11.9. The molecule has 0 bridgehead atoms. The van der Waals surface area contributed by atoms with Gasteiger partial charge in [-0.3, -0.25) is 4.79 Å². The molecule has 2 aromatic rings. The molecule has 5 heteroatoms. The molecule has 0 aliphatic carbocycles. The van der Waals surface area contributed by atoms with Gasteiger partial charge in [-0.25, -0.2) is 0 Å². The highest BCUT2D eigenvalue weighted by molar-refractivity contribution is 8.00. The van der Waals surface area contributed by atoms with Crippen LogP contribution in [0.2, 0.25) is 5.02 Å². The lowest BCUT2D eigenvalue weighted by Crippen LogP contribution is -2.13. The zero-order valence-corrected chi connectivity index (χ0v) is 12.4. The van der Waals surface area contributed by atoms with Crippen LogP contribution in [0.15, 0.2) is 53.4 Å². The van der Waals surface area contributed by atoms with Crippen molar-refractivity contribution in [3.63, 3.8) is 0 Å². The standard InChI is InChI=1S/C15H15ClN2OS/c16-12-7-5-11(6-8-12)9-18-13-3-1-2-4-14(13)20-10-15(17)19/h1-8,18H,9-10H2,(H2,17,19). The average molecular weight is 307 g/mol. The van der Waals surface area contributed by atoms with Gasteiger partial charge in [0.15, 0.2) is 0 Å². The van der Waals surface area contributed by atoms with E-state index in [0.717, 1.165) is 21.2 Å². The Balaban J connectivity index is 2.01. The van der Waals surface area contributed by atoms with E-state index in [9.17, 15) is 4.79 Å². The molecule has 3 N–H and O–H groups in total. The van der Waals surface area contributed by atoms with Crippen LogP contribution >= 0.6 is 23.4 Å². The Morgan fingerprint density at radius 2 is 1.85 bits per heavy atom. The summed E-state index contributed by atoms with van der Waals surface area (Å²) >= 11 is 7.29. The van der Waals surface area contributed by atoms with E-state index in [1.807, 2.05) is 48.5 Å². The number of nitrogens with one attached hydrogen (secondary N) is 1. The molecule has 0 aromatic heterocycles. The number of para-hydroxylation sites is 1. The van der Waals surface area contributed by atoms with Crippen molar-refractivity contribution < 1.29 is 4.79 Å². The van der Waals surface area contributed by atoms with Crippen LogP contribution in [0.5, 0.6) is 0 Å². The number of halogens is 1. The molecule has 0 radical (unpaired) electrons. The van der Waals surface area contributed by atoms with Crippen molar-refractivity contribution in [1.82, 2.24) is 0 Å². The predicted octanol–water partition coefficient (Wildman–Crippen LogP) is 3.53. The number of nitrogens with two attached hydrogens (primary N) is 1. The van der Waals surface area contributed by atoms with Crippen molar-refractivity contribution in [1.29, 1.82) is 0 Å². The van der Waals surface area contributed by atoms with Crippen LogP contribution in [0.4, 0.5) is 5.69 Å². The second-order valence-corrected chi connectivity index (χ2v) is 5.68. The first-order valence-electron chi connectivity index (χ1n) is 6.13. The van der Waals surface area contributed by atoms with Gasteiger partial charge in [-0.1, -0.05) is 35.9 Å². The van der Waals surface area contributed by atoms with Crippen LogP contribution in [0.3, 0.4) is 0 Å². The van der Waals surface area contributed by atoms with Crippen molar-refractivity contribution in [2.75, 3.05) is 11.1 Å². The Labute approximate surface area is 127 Å². The van der Waals surface area contributed by atoms with Crippen molar-refractivity contribution in [3.05, 3.63) is 59.1 Å². The van der Waals surface area contributed by atoms with E-state index in [-0.39, 0.29) is 11.7 Å². The van der Waals surface area contributed by atoms with Crippen molar-refractivity contribution in [2.45, 2.75) is 11.4 Å². The molecule has 0 unspecified atom stereocenters. The van der Waals surface area contributed by atoms with Crippen molar-refractivity contribution >= 4 is 35.0 Å². The highest BCUT2D eigenvalue weighted by atomic mass is 35.5. The monoisotopic (exact) mass is 306 g/mol. The molecule has 2 rings (SSSR count). The Morgan fingerprint density at radius 3 is 2.55 bits per heavy atom. The van der Waals surface area contributed by atoms with E-state index >= 15 is 0 Å². The third-order valence-corrected chi connectivity index (χ3v) is 4.00. The van der Waals surface area contributed by atoms with Crippen LogP contribution in [-0.2, 0) is 11.3 Å². The Morgan fingerprint density at radius 1 is 1.15 bits per heavy atom. The minimum absolute atomic E-state index is 0.277. The SMILES string of the molecule is NC(=O)CSc1ccccc1NCc1ccc(Cl)cc1. The van der Waals surface area contributed by atoms with Gasteiger partial charge in [-0.2, -0.15) is 0 Å². The molecule has 0 saturated carbocycles. The third-order valence-electron chi connectivity index (χ3n) is 2.65. The Kier molecular flexibility index (Phi) is 5.32. The van der Waals surface area contributed by atoms with Crippen LogP contribution < -0.4 is 11.1 Å². The largest absolute Gasteiger partial charge is 0.380 e. The highest BCUT2D eigenvalue weighted by Gasteiger charge is 2.04. The second-order valence-electron chi connectivity index (χ2n) is 4.23. The smallest absolute Gasteiger partial charge is 0.227 e. The lowest BCUT2D eigenvalue weighted by molar-refractivity contribution is -0.115. The van der Waals surface area contributed by atoms with Gasteiger partial charge in [0.2, 0.25) is 5.91 Å². The van der Waals surface area contributed by atoms with E-state index in [1.54, 1.807) is 0 Å². The van der Waals surface area contributed by atoms with Crippen LogP contribution in [0, 0.1) is 0 Å². The molecular formula is C15H15ClN2OS. The zero-order valence-electron chi connectivity index (χ0n) is 10.8. The van der Waals surface area contributed by atoms with Gasteiger partial charge in [0.1, 0.15) is 0 Å². The normalized spacial score (nSPS) is 10.2. The number of hydrogen-bond acceptors (Lipinski definition) is 3. The molecule has 0 atom stereocenters. The first-order valence-corrected chi connectivity index (χ1v) is 7.50. The van der Waals surface area contributed by atoms with Crippen LogP contribution in [0.25, 0.3) is 0 Å². The summed E-state index contributed by atoms with van der Waals surface area (Å²) in [5, 5.41) is 4.08. The van der Waals surface area contributed by atoms with Crippen LogP contribution in [-0.4, -0.2) is 11.7 Å². The van der Waals surface area contributed by atoms with E-state index < -0.39 is 0 Å². The maximum absolute atomic E-state index is 10.9. The van der Waals surface area contributed by atoms with Gasteiger partial charge in [0, 0.05) is 22.2 Å². The predicted molar refractivity (Wildman–Crippen MR) is 85.1 cm³/mol. The summed E-state index contributed by atoms with van der Waals surface area (Å²) in [5.41, 5.74) is 7.31.